The van der Waals surface area contributed by atoms with Crippen LogP contribution in [0.4, 0.5) is 0 Å². The summed E-state index contributed by atoms with van der Waals surface area (Å²) < 4.78 is 29.7. The Hall–Kier alpha value is -3.18. The molecule has 0 unspecified atom stereocenters. The molecule has 140 valence electrons. The first kappa shape index (κ1) is 18.6. The van der Waals surface area contributed by atoms with Crippen LogP contribution in [-0.4, -0.2) is 45.3 Å². The molecule has 0 aliphatic rings. The summed E-state index contributed by atoms with van der Waals surface area (Å²) in [6, 6.07) is 8.55. The van der Waals surface area contributed by atoms with Crippen LogP contribution in [0.3, 0.4) is 0 Å². The van der Waals surface area contributed by atoms with Gasteiger partial charge in [-0.2, -0.15) is 5.10 Å². The second-order valence-electron chi connectivity index (χ2n) is 5.57. The van der Waals surface area contributed by atoms with E-state index in [9.17, 15) is 18.0 Å². The topological polar surface area (TPSA) is 129 Å². The van der Waals surface area contributed by atoms with Crippen molar-refractivity contribution in [1.82, 2.24) is 29.3 Å². The fraction of sp³-hybridized carbons (Fsp3) is 0.188. The standard InChI is InChI=1S/C16H16N6O4S/c1-12(23)13-3-2-4-14(9-13)27(25,26)19-7-8-21-16(24)6-5-15(20-21)22-11-17-10-18-22/h2-6,9-11,19H,7-8H2,1H3. The predicted octanol–water partition coefficient (Wildman–Crippen LogP) is 0.00510. The Balaban J connectivity index is 1.72. The minimum atomic E-state index is -3.83. The number of ketones is 1. The molecule has 1 aromatic carbocycles. The summed E-state index contributed by atoms with van der Waals surface area (Å²) in [5.41, 5.74) is -0.0760. The second-order valence-corrected chi connectivity index (χ2v) is 7.34. The van der Waals surface area contributed by atoms with E-state index in [2.05, 4.69) is 19.9 Å². The largest absolute Gasteiger partial charge is 0.295 e. The van der Waals surface area contributed by atoms with Crippen molar-refractivity contribution in [3.63, 3.8) is 0 Å². The van der Waals surface area contributed by atoms with E-state index in [1.165, 1.54) is 54.6 Å². The van der Waals surface area contributed by atoms with Crippen LogP contribution in [0.5, 0.6) is 0 Å². The highest BCUT2D eigenvalue weighted by Gasteiger charge is 2.15. The maximum atomic E-state index is 12.4. The molecular formula is C16H16N6O4S. The van der Waals surface area contributed by atoms with Gasteiger partial charge in [0, 0.05) is 18.2 Å². The monoisotopic (exact) mass is 388 g/mol. The summed E-state index contributed by atoms with van der Waals surface area (Å²) in [5, 5.41) is 8.06. The molecule has 2 heterocycles. The Morgan fingerprint density at radius 1 is 1.22 bits per heavy atom. The molecule has 0 fully saturated rings. The quantitative estimate of drug-likeness (QED) is 0.564. The lowest BCUT2D eigenvalue weighted by Gasteiger charge is -2.09. The van der Waals surface area contributed by atoms with E-state index < -0.39 is 10.0 Å². The third-order valence-electron chi connectivity index (χ3n) is 3.67. The molecule has 10 nitrogen and oxygen atoms in total. The van der Waals surface area contributed by atoms with Gasteiger partial charge in [-0.1, -0.05) is 12.1 Å². The van der Waals surface area contributed by atoms with E-state index in [0.717, 1.165) is 4.68 Å². The molecular weight excluding hydrogens is 372 g/mol. The molecule has 0 amide bonds. The molecule has 1 N–H and O–H groups in total. The van der Waals surface area contributed by atoms with Crippen molar-refractivity contribution < 1.29 is 13.2 Å². The molecule has 0 aliphatic carbocycles. The summed E-state index contributed by atoms with van der Waals surface area (Å²) in [4.78, 5) is 27.1. The summed E-state index contributed by atoms with van der Waals surface area (Å²) in [7, 11) is -3.83. The molecule has 0 atom stereocenters. The molecule has 2 aromatic heterocycles. The minimum absolute atomic E-state index is 0.0208. The van der Waals surface area contributed by atoms with Crippen molar-refractivity contribution in [3.05, 3.63) is 65.0 Å². The fourth-order valence-electron chi connectivity index (χ4n) is 2.30. The maximum Gasteiger partial charge on any atom is 0.266 e. The van der Waals surface area contributed by atoms with E-state index >= 15 is 0 Å². The van der Waals surface area contributed by atoms with Crippen LogP contribution in [0.1, 0.15) is 17.3 Å². The molecule has 0 saturated carbocycles. The number of sulfonamides is 1. The Labute approximate surface area is 154 Å². The Morgan fingerprint density at radius 2 is 2.04 bits per heavy atom. The van der Waals surface area contributed by atoms with Gasteiger partial charge in [0.15, 0.2) is 11.6 Å². The van der Waals surface area contributed by atoms with Crippen LogP contribution in [0.15, 0.2) is 58.7 Å². The van der Waals surface area contributed by atoms with Crippen molar-refractivity contribution in [1.29, 1.82) is 0 Å². The van der Waals surface area contributed by atoms with Crippen molar-refractivity contribution in [2.45, 2.75) is 18.4 Å². The van der Waals surface area contributed by atoms with E-state index in [-0.39, 0.29) is 29.3 Å². The Bertz CT molecular complexity index is 1120. The molecule has 3 rings (SSSR count). The van der Waals surface area contributed by atoms with Gasteiger partial charge in [-0.3, -0.25) is 9.59 Å². The minimum Gasteiger partial charge on any atom is -0.295 e. The van der Waals surface area contributed by atoms with Crippen LogP contribution in [0, 0.1) is 0 Å². The SMILES string of the molecule is CC(=O)c1cccc(S(=O)(=O)NCCn2nc(-n3cncn3)ccc2=O)c1. The van der Waals surface area contributed by atoms with Gasteiger partial charge in [-0.25, -0.2) is 27.5 Å². The van der Waals surface area contributed by atoms with Crippen molar-refractivity contribution in [2.75, 3.05) is 6.54 Å². The number of aromatic nitrogens is 5. The fourth-order valence-corrected chi connectivity index (χ4v) is 3.37. The number of carbonyl (C=O) groups excluding carboxylic acids is 1. The van der Waals surface area contributed by atoms with E-state index in [4.69, 9.17) is 0 Å². The number of rotatable bonds is 7. The normalized spacial score (nSPS) is 11.4. The molecule has 27 heavy (non-hydrogen) atoms. The van der Waals surface area contributed by atoms with Crippen molar-refractivity contribution in [3.8, 4) is 5.82 Å². The summed E-state index contributed by atoms with van der Waals surface area (Å²) in [6.45, 7) is 1.33. The van der Waals surface area contributed by atoms with Gasteiger partial charge in [0.1, 0.15) is 12.7 Å². The first-order valence-electron chi connectivity index (χ1n) is 7.91. The summed E-state index contributed by atoms with van der Waals surface area (Å²) >= 11 is 0. The van der Waals surface area contributed by atoms with Crippen LogP contribution >= 0.6 is 0 Å². The van der Waals surface area contributed by atoms with E-state index in [1.807, 2.05) is 0 Å². The van der Waals surface area contributed by atoms with Crippen molar-refractivity contribution >= 4 is 15.8 Å². The number of Topliss-reactive ketones (excluding diaryl/α,β-unsaturated/α-hetero) is 1. The lowest BCUT2D eigenvalue weighted by molar-refractivity contribution is 0.101. The highest BCUT2D eigenvalue weighted by atomic mass is 32.2. The molecule has 0 aliphatic heterocycles. The number of nitrogens with one attached hydrogen (secondary N) is 1. The van der Waals surface area contributed by atoms with Crippen LogP contribution < -0.4 is 10.3 Å². The average molecular weight is 388 g/mol. The number of hydrogen-bond donors (Lipinski definition) is 1. The first-order chi connectivity index (χ1) is 12.9. The van der Waals surface area contributed by atoms with Crippen LogP contribution in [-0.2, 0) is 16.6 Å². The number of nitrogens with zero attached hydrogens (tertiary/aromatic N) is 5. The van der Waals surface area contributed by atoms with Gasteiger partial charge in [-0.05, 0) is 25.1 Å². The smallest absolute Gasteiger partial charge is 0.266 e. The van der Waals surface area contributed by atoms with Crippen LogP contribution in [0.25, 0.3) is 5.82 Å². The zero-order valence-electron chi connectivity index (χ0n) is 14.3. The van der Waals surface area contributed by atoms with Gasteiger partial charge >= 0.3 is 0 Å². The second kappa shape index (κ2) is 7.60. The summed E-state index contributed by atoms with van der Waals surface area (Å²) in [5.74, 6) is 0.150. The maximum absolute atomic E-state index is 12.4. The van der Waals surface area contributed by atoms with Gasteiger partial charge in [0.25, 0.3) is 5.56 Å². The molecule has 0 bridgehead atoms. The average Bonchev–Trinajstić information content (AvgIpc) is 3.18. The highest BCUT2D eigenvalue weighted by molar-refractivity contribution is 7.89. The Kier molecular flexibility index (Phi) is 5.23. The predicted molar refractivity (Wildman–Crippen MR) is 95.0 cm³/mol. The lowest BCUT2D eigenvalue weighted by atomic mass is 10.2. The Morgan fingerprint density at radius 3 is 2.74 bits per heavy atom. The van der Waals surface area contributed by atoms with Gasteiger partial charge in [0.2, 0.25) is 10.0 Å². The number of hydrogen-bond acceptors (Lipinski definition) is 7. The van der Waals surface area contributed by atoms with Gasteiger partial charge in [0.05, 0.1) is 11.4 Å². The number of benzene rings is 1. The van der Waals surface area contributed by atoms with Gasteiger partial charge < -0.3 is 0 Å². The first-order valence-corrected chi connectivity index (χ1v) is 9.39. The third-order valence-corrected chi connectivity index (χ3v) is 5.13. The highest BCUT2D eigenvalue weighted by Crippen LogP contribution is 2.11. The third kappa shape index (κ3) is 4.33. The van der Waals surface area contributed by atoms with E-state index in [1.54, 1.807) is 6.07 Å². The van der Waals surface area contributed by atoms with Gasteiger partial charge in [-0.15, -0.1) is 5.10 Å². The lowest BCUT2D eigenvalue weighted by Crippen LogP contribution is -2.32. The van der Waals surface area contributed by atoms with Crippen LogP contribution in [0.2, 0.25) is 0 Å². The molecule has 3 aromatic rings. The zero-order valence-corrected chi connectivity index (χ0v) is 15.1. The number of carbonyl (C=O) groups is 1. The molecule has 0 spiro atoms. The molecule has 11 heteroatoms. The zero-order chi connectivity index (χ0) is 19.4. The van der Waals surface area contributed by atoms with Crippen molar-refractivity contribution in [2.24, 2.45) is 0 Å². The molecule has 0 radical (unpaired) electrons. The van der Waals surface area contributed by atoms with E-state index in [0.29, 0.717) is 11.4 Å². The summed E-state index contributed by atoms with van der Waals surface area (Å²) in [6.07, 6.45) is 2.77. The molecule has 0 saturated heterocycles.